The van der Waals surface area contributed by atoms with E-state index >= 15 is 0 Å². The average Bonchev–Trinajstić information content (AvgIpc) is 2.41. The number of halogens is 1. The second kappa shape index (κ2) is 5.74. The van der Waals surface area contributed by atoms with Gasteiger partial charge in [-0.3, -0.25) is 4.79 Å². The van der Waals surface area contributed by atoms with E-state index < -0.39 is 0 Å². The quantitative estimate of drug-likeness (QED) is 0.871. The van der Waals surface area contributed by atoms with Gasteiger partial charge >= 0.3 is 0 Å². The molecule has 0 aliphatic heterocycles. The van der Waals surface area contributed by atoms with Gasteiger partial charge in [0.25, 0.3) is 5.91 Å². The Morgan fingerprint density at radius 3 is 2.55 bits per heavy atom. The molecule has 0 fully saturated rings. The van der Waals surface area contributed by atoms with Crippen molar-refractivity contribution in [1.29, 1.82) is 0 Å². The highest BCUT2D eigenvalue weighted by atomic mass is 19.1. The minimum Gasteiger partial charge on any atom is -0.397 e. The SMILES string of the molecule is CCN(C(=O)c1ccc(F)cc1C)c1ccccc1N. The Kier molecular flexibility index (Phi) is 4.03. The third-order valence-electron chi connectivity index (χ3n) is 3.21. The largest absolute Gasteiger partial charge is 0.397 e. The molecule has 20 heavy (non-hydrogen) atoms. The Balaban J connectivity index is 2.42. The number of rotatable bonds is 3. The molecule has 0 bridgehead atoms. The van der Waals surface area contributed by atoms with Crippen LogP contribution in [0.4, 0.5) is 15.8 Å². The van der Waals surface area contributed by atoms with Crippen LogP contribution in [0, 0.1) is 12.7 Å². The van der Waals surface area contributed by atoms with Crippen LogP contribution in [0.3, 0.4) is 0 Å². The molecule has 0 spiro atoms. The number of nitrogen functional groups attached to an aromatic ring is 1. The van der Waals surface area contributed by atoms with Crippen LogP contribution in [0.25, 0.3) is 0 Å². The molecule has 0 atom stereocenters. The molecule has 2 rings (SSSR count). The number of carbonyl (C=O) groups is 1. The minimum atomic E-state index is -0.346. The molecule has 1 amide bonds. The van der Waals surface area contributed by atoms with E-state index in [2.05, 4.69) is 0 Å². The lowest BCUT2D eigenvalue weighted by Gasteiger charge is -2.23. The number of amides is 1. The molecule has 0 saturated heterocycles. The molecule has 104 valence electrons. The maximum atomic E-state index is 13.1. The van der Waals surface area contributed by atoms with Crippen LogP contribution in [0.1, 0.15) is 22.8 Å². The summed E-state index contributed by atoms with van der Waals surface area (Å²) in [5, 5.41) is 0. The average molecular weight is 272 g/mol. The van der Waals surface area contributed by atoms with E-state index in [0.717, 1.165) is 0 Å². The van der Waals surface area contributed by atoms with Gasteiger partial charge in [0.2, 0.25) is 0 Å². The van der Waals surface area contributed by atoms with E-state index in [1.165, 1.54) is 18.2 Å². The lowest BCUT2D eigenvalue weighted by molar-refractivity contribution is 0.0988. The van der Waals surface area contributed by atoms with E-state index in [0.29, 0.717) is 29.0 Å². The number of aryl methyl sites for hydroxylation is 1. The van der Waals surface area contributed by atoms with Crippen LogP contribution in [0.5, 0.6) is 0 Å². The summed E-state index contributed by atoms with van der Waals surface area (Å²) in [4.78, 5) is 14.2. The van der Waals surface area contributed by atoms with Crippen LogP contribution in [-0.4, -0.2) is 12.5 Å². The third-order valence-corrected chi connectivity index (χ3v) is 3.21. The van der Waals surface area contributed by atoms with Crippen molar-refractivity contribution in [3.63, 3.8) is 0 Å². The van der Waals surface area contributed by atoms with E-state index in [1.54, 1.807) is 24.0 Å². The van der Waals surface area contributed by atoms with Crippen molar-refractivity contribution in [3.05, 3.63) is 59.4 Å². The van der Waals surface area contributed by atoms with Crippen LogP contribution >= 0.6 is 0 Å². The fourth-order valence-corrected chi connectivity index (χ4v) is 2.17. The standard InChI is InChI=1S/C16H17FN2O/c1-3-19(15-7-5-4-6-14(15)18)16(20)13-9-8-12(17)10-11(13)2/h4-10H,3,18H2,1-2H3. The molecule has 0 heterocycles. The summed E-state index contributed by atoms with van der Waals surface area (Å²) < 4.78 is 13.1. The third kappa shape index (κ3) is 2.64. The summed E-state index contributed by atoms with van der Waals surface area (Å²) in [6.07, 6.45) is 0. The first-order valence-corrected chi connectivity index (χ1v) is 6.47. The molecule has 4 heteroatoms. The van der Waals surface area contributed by atoms with Gasteiger partial charge in [-0.25, -0.2) is 4.39 Å². The number of nitrogens with two attached hydrogens (primary N) is 1. The van der Waals surface area contributed by atoms with Gasteiger partial charge in [0.15, 0.2) is 0 Å². The summed E-state index contributed by atoms with van der Waals surface area (Å²) in [6.45, 7) is 4.09. The van der Waals surface area contributed by atoms with Gasteiger partial charge in [-0.1, -0.05) is 12.1 Å². The lowest BCUT2D eigenvalue weighted by Crippen LogP contribution is -2.31. The van der Waals surface area contributed by atoms with Gasteiger partial charge in [-0.05, 0) is 49.7 Å². The minimum absolute atomic E-state index is 0.178. The van der Waals surface area contributed by atoms with Crippen molar-refractivity contribution in [1.82, 2.24) is 0 Å². The molecule has 0 unspecified atom stereocenters. The van der Waals surface area contributed by atoms with Crippen LogP contribution < -0.4 is 10.6 Å². The first kappa shape index (κ1) is 14.1. The molecule has 0 saturated carbocycles. The number of para-hydroxylation sites is 2. The lowest BCUT2D eigenvalue weighted by atomic mass is 10.1. The summed E-state index contributed by atoms with van der Waals surface area (Å²) in [6, 6.07) is 11.4. The van der Waals surface area contributed by atoms with E-state index in [1.807, 2.05) is 19.1 Å². The number of anilines is 2. The molecule has 0 radical (unpaired) electrons. The van der Waals surface area contributed by atoms with Crippen molar-refractivity contribution in [2.45, 2.75) is 13.8 Å². The predicted molar refractivity (Wildman–Crippen MR) is 79.3 cm³/mol. The van der Waals surface area contributed by atoms with Gasteiger partial charge < -0.3 is 10.6 Å². The number of benzene rings is 2. The van der Waals surface area contributed by atoms with Crippen molar-refractivity contribution in [2.75, 3.05) is 17.2 Å². The first-order valence-electron chi connectivity index (χ1n) is 6.47. The summed E-state index contributed by atoms with van der Waals surface area (Å²) in [5.74, 6) is -0.524. The van der Waals surface area contributed by atoms with Crippen LogP contribution in [-0.2, 0) is 0 Å². The second-order valence-electron chi connectivity index (χ2n) is 4.57. The zero-order valence-corrected chi connectivity index (χ0v) is 11.6. The number of hydrogen-bond donors (Lipinski definition) is 1. The van der Waals surface area contributed by atoms with Gasteiger partial charge in [-0.2, -0.15) is 0 Å². The van der Waals surface area contributed by atoms with Crippen molar-refractivity contribution >= 4 is 17.3 Å². The monoisotopic (exact) mass is 272 g/mol. The fourth-order valence-electron chi connectivity index (χ4n) is 2.17. The molecule has 2 aromatic carbocycles. The zero-order valence-electron chi connectivity index (χ0n) is 11.6. The van der Waals surface area contributed by atoms with E-state index in [4.69, 9.17) is 5.73 Å². The Hall–Kier alpha value is -2.36. The molecule has 2 N–H and O–H groups in total. The van der Waals surface area contributed by atoms with E-state index in [-0.39, 0.29) is 11.7 Å². The van der Waals surface area contributed by atoms with Crippen molar-refractivity contribution in [3.8, 4) is 0 Å². The molecule has 0 aliphatic carbocycles. The Bertz CT molecular complexity index is 640. The maximum Gasteiger partial charge on any atom is 0.258 e. The van der Waals surface area contributed by atoms with Gasteiger partial charge in [0, 0.05) is 12.1 Å². The fraction of sp³-hybridized carbons (Fsp3) is 0.188. The number of carbonyl (C=O) groups excluding carboxylic acids is 1. The van der Waals surface area contributed by atoms with E-state index in [9.17, 15) is 9.18 Å². The highest BCUT2D eigenvalue weighted by Gasteiger charge is 2.19. The van der Waals surface area contributed by atoms with Crippen molar-refractivity contribution < 1.29 is 9.18 Å². The molecule has 0 aromatic heterocycles. The van der Waals surface area contributed by atoms with Crippen LogP contribution in [0.2, 0.25) is 0 Å². The highest BCUT2D eigenvalue weighted by Crippen LogP contribution is 2.25. The summed E-state index contributed by atoms with van der Waals surface area (Å²) >= 11 is 0. The molecular formula is C16H17FN2O. The molecule has 0 aliphatic rings. The Morgan fingerprint density at radius 1 is 1.25 bits per heavy atom. The summed E-state index contributed by atoms with van der Waals surface area (Å²) in [7, 11) is 0. The summed E-state index contributed by atoms with van der Waals surface area (Å²) in [5.41, 5.74) is 8.23. The maximum absolute atomic E-state index is 13.1. The van der Waals surface area contributed by atoms with Gasteiger partial charge in [-0.15, -0.1) is 0 Å². The molecule has 2 aromatic rings. The predicted octanol–water partition coefficient (Wildman–Crippen LogP) is 3.38. The Labute approximate surface area is 117 Å². The highest BCUT2D eigenvalue weighted by molar-refractivity contribution is 6.08. The zero-order chi connectivity index (χ0) is 14.7. The number of hydrogen-bond acceptors (Lipinski definition) is 2. The topological polar surface area (TPSA) is 46.3 Å². The Morgan fingerprint density at radius 2 is 1.95 bits per heavy atom. The van der Waals surface area contributed by atoms with Gasteiger partial charge in [0.1, 0.15) is 5.82 Å². The smallest absolute Gasteiger partial charge is 0.258 e. The van der Waals surface area contributed by atoms with Crippen molar-refractivity contribution in [2.24, 2.45) is 0 Å². The second-order valence-corrected chi connectivity index (χ2v) is 4.57. The first-order chi connectivity index (χ1) is 9.54. The molecular weight excluding hydrogens is 255 g/mol. The molecule has 3 nitrogen and oxygen atoms in total. The van der Waals surface area contributed by atoms with Gasteiger partial charge in [0.05, 0.1) is 11.4 Å². The number of nitrogens with zero attached hydrogens (tertiary/aromatic N) is 1. The van der Waals surface area contributed by atoms with Crippen LogP contribution in [0.15, 0.2) is 42.5 Å². The normalized spacial score (nSPS) is 10.3.